The summed E-state index contributed by atoms with van der Waals surface area (Å²) in [5, 5.41) is 4.22. The van der Waals surface area contributed by atoms with Crippen molar-refractivity contribution in [3.05, 3.63) is 28.2 Å². The van der Waals surface area contributed by atoms with Gasteiger partial charge in [-0.3, -0.25) is 4.79 Å². The number of carbonyl (C=O) groups excluding carboxylic acids is 1. The molecule has 23 heavy (non-hydrogen) atoms. The minimum Gasteiger partial charge on any atom is -0.482 e. The fraction of sp³-hybridized carbons (Fsp3) is 0.611. The summed E-state index contributed by atoms with van der Waals surface area (Å²) in [6.45, 7) is 0.00412. The van der Waals surface area contributed by atoms with Gasteiger partial charge in [0.15, 0.2) is 6.61 Å². The molecule has 3 nitrogen and oxygen atoms in total. The van der Waals surface area contributed by atoms with E-state index in [1.807, 2.05) is 0 Å². The zero-order chi connectivity index (χ0) is 16.0. The maximum absolute atomic E-state index is 12.3. The molecule has 0 saturated heterocycles. The van der Waals surface area contributed by atoms with E-state index in [2.05, 4.69) is 5.32 Å². The van der Waals surface area contributed by atoms with E-state index < -0.39 is 0 Å². The molecule has 0 heterocycles. The Hall–Kier alpha value is -0.930. The first-order valence-corrected chi connectivity index (χ1v) is 9.21. The molecule has 5 heteroatoms. The zero-order valence-electron chi connectivity index (χ0n) is 12.9. The van der Waals surface area contributed by atoms with E-state index in [4.69, 9.17) is 27.9 Å². The van der Waals surface area contributed by atoms with Crippen molar-refractivity contribution in [1.82, 2.24) is 5.32 Å². The number of nitrogens with one attached hydrogen (secondary N) is 1. The van der Waals surface area contributed by atoms with Gasteiger partial charge in [-0.15, -0.1) is 0 Å². The Balaban J connectivity index is 1.33. The second-order valence-corrected chi connectivity index (χ2v) is 8.23. The van der Waals surface area contributed by atoms with Gasteiger partial charge in [-0.1, -0.05) is 23.2 Å². The van der Waals surface area contributed by atoms with Crippen molar-refractivity contribution in [2.75, 3.05) is 6.61 Å². The summed E-state index contributed by atoms with van der Waals surface area (Å²) in [5.74, 6) is 3.62. The topological polar surface area (TPSA) is 38.3 Å². The maximum Gasteiger partial charge on any atom is 0.258 e. The van der Waals surface area contributed by atoms with Crippen LogP contribution in [0.3, 0.4) is 0 Å². The molecule has 1 aromatic carbocycles. The molecule has 124 valence electrons. The van der Waals surface area contributed by atoms with Crippen LogP contribution in [0.2, 0.25) is 10.0 Å². The highest BCUT2D eigenvalue weighted by Gasteiger charge is 2.48. The molecule has 0 aliphatic heterocycles. The Morgan fingerprint density at radius 1 is 1.09 bits per heavy atom. The molecule has 0 spiro atoms. The molecule has 5 rings (SSSR count). The second kappa shape index (κ2) is 6.18. The molecular weight excluding hydrogens is 333 g/mol. The Bertz CT molecular complexity index is 591. The first-order chi connectivity index (χ1) is 11.1. The maximum atomic E-state index is 12.3. The van der Waals surface area contributed by atoms with Crippen LogP contribution in [0, 0.1) is 23.7 Å². The quantitative estimate of drug-likeness (QED) is 0.875. The molecule has 0 radical (unpaired) electrons. The number of amides is 1. The summed E-state index contributed by atoms with van der Waals surface area (Å²) in [6, 6.07) is 5.37. The lowest BCUT2D eigenvalue weighted by atomic mass is 9.54. The van der Waals surface area contributed by atoms with Crippen LogP contribution in [0.25, 0.3) is 0 Å². The predicted octanol–water partition coefficient (Wildman–Crippen LogP) is 4.31. The van der Waals surface area contributed by atoms with Crippen LogP contribution in [0.1, 0.15) is 32.1 Å². The molecule has 4 saturated carbocycles. The highest BCUT2D eigenvalue weighted by atomic mass is 35.5. The third-order valence-corrected chi connectivity index (χ3v) is 6.34. The van der Waals surface area contributed by atoms with Gasteiger partial charge in [0.1, 0.15) is 5.75 Å². The number of rotatable bonds is 4. The van der Waals surface area contributed by atoms with E-state index >= 15 is 0 Å². The lowest BCUT2D eigenvalue weighted by Gasteiger charge is -2.54. The second-order valence-electron chi connectivity index (χ2n) is 7.39. The van der Waals surface area contributed by atoms with Gasteiger partial charge in [0.25, 0.3) is 5.91 Å². The van der Waals surface area contributed by atoms with Crippen molar-refractivity contribution in [3.8, 4) is 5.75 Å². The molecule has 0 unspecified atom stereocenters. The number of benzene rings is 1. The van der Waals surface area contributed by atoms with Gasteiger partial charge in [-0.25, -0.2) is 0 Å². The van der Waals surface area contributed by atoms with Crippen molar-refractivity contribution in [2.45, 2.75) is 38.1 Å². The average Bonchev–Trinajstić information content (AvgIpc) is 2.49. The van der Waals surface area contributed by atoms with Gasteiger partial charge in [0, 0.05) is 11.1 Å². The summed E-state index contributed by atoms with van der Waals surface area (Å²) in [4.78, 5) is 12.3. The van der Waals surface area contributed by atoms with Crippen molar-refractivity contribution in [1.29, 1.82) is 0 Å². The summed E-state index contributed by atoms with van der Waals surface area (Å²) in [7, 11) is 0. The largest absolute Gasteiger partial charge is 0.482 e. The third-order valence-electron chi connectivity index (χ3n) is 5.81. The van der Waals surface area contributed by atoms with Gasteiger partial charge in [-0.05, 0) is 74.0 Å². The first kappa shape index (κ1) is 15.6. The van der Waals surface area contributed by atoms with Crippen LogP contribution in [-0.4, -0.2) is 18.6 Å². The van der Waals surface area contributed by atoms with Crippen LogP contribution in [0.15, 0.2) is 18.2 Å². The van der Waals surface area contributed by atoms with Crippen LogP contribution < -0.4 is 10.1 Å². The zero-order valence-corrected chi connectivity index (χ0v) is 14.4. The number of halogens is 2. The van der Waals surface area contributed by atoms with E-state index in [-0.39, 0.29) is 12.5 Å². The summed E-state index contributed by atoms with van der Waals surface area (Å²) in [5.41, 5.74) is 0. The van der Waals surface area contributed by atoms with E-state index in [0.717, 1.165) is 11.8 Å². The highest BCUT2D eigenvalue weighted by molar-refractivity contribution is 6.35. The van der Waals surface area contributed by atoms with Crippen LogP contribution in [0.4, 0.5) is 0 Å². The SMILES string of the molecule is O=C(COc1ccc(Cl)cc1Cl)NC1C2CC3CC(C2)CC1C3. The monoisotopic (exact) mass is 353 g/mol. The smallest absolute Gasteiger partial charge is 0.258 e. The molecule has 1 aromatic rings. The van der Waals surface area contributed by atoms with Crippen molar-refractivity contribution >= 4 is 29.1 Å². The molecule has 1 amide bonds. The molecular formula is C18H21Cl2NO2. The van der Waals surface area contributed by atoms with Crippen molar-refractivity contribution < 1.29 is 9.53 Å². The van der Waals surface area contributed by atoms with E-state index in [0.29, 0.717) is 33.7 Å². The van der Waals surface area contributed by atoms with Gasteiger partial charge in [0.05, 0.1) is 5.02 Å². The minimum atomic E-state index is -0.0477. The Morgan fingerprint density at radius 3 is 2.35 bits per heavy atom. The highest BCUT2D eigenvalue weighted by Crippen LogP contribution is 2.53. The lowest BCUT2D eigenvalue weighted by Crippen LogP contribution is -2.56. The standard InChI is InChI=1S/C18H21Cl2NO2/c19-14-1-2-16(15(20)8-14)23-9-17(22)21-18-12-4-10-3-11(6-12)7-13(18)5-10/h1-2,8,10-13,18H,3-7,9H2,(H,21,22). The fourth-order valence-corrected chi connectivity index (χ4v) is 5.59. The van der Waals surface area contributed by atoms with Gasteiger partial charge < -0.3 is 10.1 Å². The number of hydrogen-bond acceptors (Lipinski definition) is 2. The normalized spacial score (nSPS) is 34.4. The summed E-state index contributed by atoms with van der Waals surface area (Å²) >= 11 is 11.9. The third kappa shape index (κ3) is 3.18. The van der Waals surface area contributed by atoms with E-state index in [1.54, 1.807) is 18.2 Å². The van der Waals surface area contributed by atoms with E-state index in [9.17, 15) is 4.79 Å². The van der Waals surface area contributed by atoms with Crippen LogP contribution in [0.5, 0.6) is 5.75 Å². The Morgan fingerprint density at radius 2 is 1.74 bits per heavy atom. The van der Waals surface area contributed by atoms with Gasteiger partial charge in [0.2, 0.25) is 0 Å². The summed E-state index contributed by atoms with van der Waals surface area (Å²) in [6.07, 6.45) is 6.60. The Kier molecular flexibility index (Phi) is 4.19. The van der Waals surface area contributed by atoms with Crippen LogP contribution in [-0.2, 0) is 4.79 Å². The minimum absolute atomic E-state index is 0.00412. The molecule has 4 aliphatic rings. The molecule has 4 bridgehead atoms. The number of ether oxygens (including phenoxy) is 1. The van der Waals surface area contributed by atoms with Gasteiger partial charge in [-0.2, -0.15) is 0 Å². The number of carbonyl (C=O) groups is 1. The molecule has 4 fully saturated rings. The average molecular weight is 354 g/mol. The predicted molar refractivity (Wildman–Crippen MR) is 90.9 cm³/mol. The molecule has 4 aliphatic carbocycles. The fourth-order valence-electron chi connectivity index (χ4n) is 5.12. The molecule has 0 aromatic heterocycles. The lowest BCUT2D eigenvalue weighted by molar-refractivity contribution is -0.127. The number of hydrogen-bond donors (Lipinski definition) is 1. The van der Waals surface area contributed by atoms with Gasteiger partial charge >= 0.3 is 0 Å². The van der Waals surface area contributed by atoms with E-state index in [1.165, 1.54) is 32.1 Å². The van der Waals surface area contributed by atoms with Crippen molar-refractivity contribution in [3.63, 3.8) is 0 Å². The summed E-state index contributed by atoms with van der Waals surface area (Å²) < 4.78 is 5.54. The van der Waals surface area contributed by atoms with Crippen molar-refractivity contribution in [2.24, 2.45) is 23.7 Å². The molecule has 0 atom stereocenters. The van der Waals surface area contributed by atoms with Crippen LogP contribution >= 0.6 is 23.2 Å². The molecule has 1 N–H and O–H groups in total. The first-order valence-electron chi connectivity index (χ1n) is 8.45. The Labute approximate surface area is 146 Å².